The summed E-state index contributed by atoms with van der Waals surface area (Å²) < 4.78 is 18.4. The van der Waals surface area contributed by atoms with E-state index in [-0.39, 0.29) is 17.8 Å². The van der Waals surface area contributed by atoms with Gasteiger partial charge in [0.15, 0.2) is 0 Å². The Kier molecular flexibility index (Phi) is 5.23. The van der Waals surface area contributed by atoms with Gasteiger partial charge in [-0.3, -0.25) is 4.79 Å². The molecule has 1 aromatic carbocycles. The molecular weight excluding hydrogens is 309 g/mol. The predicted molar refractivity (Wildman–Crippen MR) is 87.5 cm³/mol. The van der Waals surface area contributed by atoms with Gasteiger partial charge in [0.1, 0.15) is 11.9 Å². The number of nitrogens with zero attached hydrogens (tertiary/aromatic N) is 3. The van der Waals surface area contributed by atoms with Gasteiger partial charge in [-0.25, -0.2) is 4.39 Å². The number of halogens is 1. The van der Waals surface area contributed by atoms with E-state index in [0.717, 1.165) is 38.6 Å². The minimum absolute atomic E-state index is 0.138. The van der Waals surface area contributed by atoms with Gasteiger partial charge >= 0.3 is 0 Å². The van der Waals surface area contributed by atoms with Crippen LogP contribution < -0.4 is 0 Å². The second-order valence-corrected chi connectivity index (χ2v) is 6.17. The smallest absolute Gasteiger partial charge is 0.249 e. The second-order valence-electron chi connectivity index (χ2n) is 6.17. The number of hydrogen-bond acceptors (Lipinski definition) is 4. The van der Waals surface area contributed by atoms with Crippen LogP contribution in [0.1, 0.15) is 57.4 Å². The minimum atomic E-state index is -0.304. The van der Waals surface area contributed by atoms with E-state index in [2.05, 4.69) is 17.1 Å². The number of hydrogen-bond donors (Lipinski definition) is 0. The molecule has 0 saturated carbocycles. The molecule has 0 aliphatic carbocycles. The van der Waals surface area contributed by atoms with Gasteiger partial charge < -0.3 is 9.42 Å². The normalized spacial score (nSPS) is 17.4. The minimum Gasteiger partial charge on any atom is -0.337 e. The van der Waals surface area contributed by atoms with Gasteiger partial charge in [0.2, 0.25) is 17.6 Å². The number of carbonyl (C=O) groups excluding carboxylic acids is 1. The first-order valence-corrected chi connectivity index (χ1v) is 8.58. The lowest BCUT2D eigenvalue weighted by atomic mass is 10.1. The first-order valence-electron chi connectivity index (χ1n) is 8.58. The quantitative estimate of drug-likeness (QED) is 0.747. The first-order chi connectivity index (χ1) is 11.7. The molecule has 6 heteroatoms. The molecule has 0 spiro atoms. The first kappa shape index (κ1) is 16.6. The monoisotopic (exact) mass is 331 g/mol. The van der Waals surface area contributed by atoms with Gasteiger partial charge in [-0.1, -0.05) is 24.9 Å². The molecule has 0 radical (unpaired) electrons. The van der Waals surface area contributed by atoms with E-state index < -0.39 is 0 Å². The molecule has 24 heavy (non-hydrogen) atoms. The van der Waals surface area contributed by atoms with Crippen LogP contribution in [-0.2, 0) is 4.79 Å². The summed E-state index contributed by atoms with van der Waals surface area (Å²) in [5, 5.41) is 3.98. The highest BCUT2D eigenvalue weighted by molar-refractivity contribution is 5.76. The standard InChI is InChI=1S/C18H22FN3O2/c1-2-3-4-7-16(23)22-12-5-6-15(22)18-20-17(21-24-18)13-8-10-14(19)11-9-13/h8-11,15H,2-7,12H2,1H3. The number of amides is 1. The van der Waals surface area contributed by atoms with E-state index in [0.29, 0.717) is 23.7 Å². The summed E-state index contributed by atoms with van der Waals surface area (Å²) in [5.74, 6) is 0.751. The van der Waals surface area contributed by atoms with E-state index in [1.807, 2.05) is 4.90 Å². The Hall–Kier alpha value is -2.24. The number of likely N-dealkylation sites (tertiary alicyclic amines) is 1. The molecule has 3 rings (SSSR count). The Morgan fingerprint density at radius 2 is 2.12 bits per heavy atom. The maximum atomic E-state index is 13.0. The lowest BCUT2D eigenvalue weighted by Gasteiger charge is -2.21. The third kappa shape index (κ3) is 3.63. The van der Waals surface area contributed by atoms with E-state index in [1.54, 1.807) is 12.1 Å². The third-order valence-corrected chi connectivity index (χ3v) is 4.40. The summed E-state index contributed by atoms with van der Waals surface area (Å²) in [7, 11) is 0. The Morgan fingerprint density at radius 3 is 2.88 bits per heavy atom. The number of aromatic nitrogens is 2. The van der Waals surface area contributed by atoms with Crippen LogP contribution in [0.15, 0.2) is 28.8 Å². The molecule has 5 nitrogen and oxygen atoms in total. The maximum absolute atomic E-state index is 13.0. The van der Waals surface area contributed by atoms with Gasteiger partial charge in [0.25, 0.3) is 0 Å². The van der Waals surface area contributed by atoms with Gasteiger partial charge in [-0.15, -0.1) is 0 Å². The highest BCUT2D eigenvalue weighted by atomic mass is 19.1. The molecule has 0 N–H and O–H groups in total. The molecule has 1 atom stereocenters. The van der Waals surface area contributed by atoms with Crippen LogP contribution >= 0.6 is 0 Å². The van der Waals surface area contributed by atoms with Crippen LogP contribution in [0.25, 0.3) is 11.4 Å². The number of rotatable bonds is 6. The van der Waals surface area contributed by atoms with Crippen molar-refractivity contribution in [1.29, 1.82) is 0 Å². The molecular formula is C18H22FN3O2. The van der Waals surface area contributed by atoms with Crippen LogP contribution in [0.5, 0.6) is 0 Å². The molecule has 1 unspecified atom stereocenters. The highest BCUT2D eigenvalue weighted by Crippen LogP contribution is 2.32. The fourth-order valence-electron chi connectivity index (χ4n) is 3.08. The van der Waals surface area contributed by atoms with Crippen LogP contribution in [0.4, 0.5) is 4.39 Å². The highest BCUT2D eigenvalue weighted by Gasteiger charge is 2.33. The Labute approximate surface area is 140 Å². The molecule has 1 saturated heterocycles. The molecule has 2 aromatic rings. The second kappa shape index (κ2) is 7.55. The van der Waals surface area contributed by atoms with Crippen molar-refractivity contribution >= 4 is 5.91 Å². The van der Waals surface area contributed by atoms with Crippen LogP contribution in [0.3, 0.4) is 0 Å². The van der Waals surface area contributed by atoms with Crippen molar-refractivity contribution < 1.29 is 13.7 Å². The van der Waals surface area contributed by atoms with Crippen molar-refractivity contribution in [3.05, 3.63) is 36.0 Å². The third-order valence-electron chi connectivity index (χ3n) is 4.40. The molecule has 1 fully saturated rings. The van der Waals surface area contributed by atoms with E-state index >= 15 is 0 Å². The molecule has 1 aromatic heterocycles. The van der Waals surface area contributed by atoms with Gasteiger partial charge in [0.05, 0.1) is 0 Å². The van der Waals surface area contributed by atoms with Crippen LogP contribution in [0.2, 0.25) is 0 Å². The fraction of sp³-hybridized carbons (Fsp3) is 0.500. The van der Waals surface area contributed by atoms with E-state index in [4.69, 9.17) is 4.52 Å². The van der Waals surface area contributed by atoms with E-state index in [9.17, 15) is 9.18 Å². The molecule has 1 aliphatic heterocycles. The summed E-state index contributed by atoms with van der Waals surface area (Å²) in [6.45, 7) is 2.86. The zero-order valence-electron chi connectivity index (χ0n) is 13.9. The van der Waals surface area contributed by atoms with Gasteiger partial charge in [0, 0.05) is 18.5 Å². The zero-order chi connectivity index (χ0) is 16.9. The Morgan fingerprint density at radius 1 is 1.33 bits per heavy atom. The lowest BCUT2D eigenvalue weighted by molar-refractivity contribution is -0.132. The summed E-state index contributed by atoms with van der Waals surface area (Å²) in [4.78, 5) is 18.7. The van der Waals surface area contributed by atoms with Crippen LogP contribution in [0, 0.1) is 5.82 Å². The molecule has 1 amide bonds. The summed E-state index contributed by atoms with van der Waals surface area (Å²) >= 11 is 0. The van der Waals surface area contributed by atoms with Crippen LogP contribution in [-0.4, -0.2) is 27.5 Å². The largest absolute Gasteiger partial charge is 0.337 e. The van der Waals surface area contributed by atoms with Gasteiger partial charge in [-0.05, 0) is 43.5 Å². The average Bonchev–Trinajstić information content (AvgIpc) is 3.24. The van der Waals surface area contributed by atoms with Crippen molar-refractivity contribution in [2.75, 3.05) is 6.54 Å². The number of benzene rings is 1. The predicted octanol–water partition coefficient (Wildman–Crippen LogP) is 4.12. The zero-order valence-corrected chi connectivity index (χ0v) is 13.9. The fourth-order valence-corrected chi connectivity index (χ4v) is 3.08. The molecule has 1 aliphatic rings. The van der Waals surface area contributed by atoms with Gasteiger partial charge in [-0.2, -0.15) is 4.98 Å². The summed E-state index contributed by atoms with van der Waals surface area (Å²) in [5.41, 5.74) is 0.699. The lowest BCUT2D eigenvalue weighted by Crippen LogP contribution is -2.30. The van der Waals surface area contributed by atoms with Crippen molar-refractivity contribution in [2.45, 2.75) is 51.5 Å². The topological polar surface area (TPSA) is 59.2 Å². The number of carbonyl (C=O) groups is 1. The SMILES string of the molecule is CCCCCC(=O)N1CCCC1c1nc(-c2ccc(F)cc2)no1. The summed E-state index contributed by atoms with van der Waals surface area (Å²) in [6, 6.07) is 5.83. The van der Waals surface area contributed by atoms with Crippen molar-refractivity contribution in [2.24, 2.45) is 0 Å². The molecule has 0 bridgehead atoms. The average molecular weight is 331 g/mol. The number of unbranched alkanes of at least 4 members (excludes halogenated alkanes) is 2. The van der Waals surface area contributed by atoms with Crippen molar-refractivity contribution in [3.63, 3.8) is 0 Å². The van der Waals surface area contributed by atoms with E-state index in [1.165, 1.54) is 12.1 Å². The summed E-state index contributed by atoms with van der Waals surface area (Å²) in [6.07, 6.45) is 5.44. The Balaban J connectivity index is 1.71. The Bertz CT molecular complexity index is 684. The maximum Gasteiger partial charge on any atom is 0.249 e. The van der Waals surface area contributed by atoms with Crippen molar-refractivity contribution in [3.8, 4) is 11.4 Å². The molecule has 128 valence electrons. The molecule has 2 heterocycles. The van der Waals surface area contributed by atoms with Crippen molar-refractivity contribution in [1.82, 2.24) is 15.0 Å².